The number of rotatable bonds is 5. The predicted octanol–water partition coefficient (Wildman–Crippen LogP) is 2.66. The van der Waals surface area contributed by atoms with E-state index in [0.29, 0.717) is 6.54 Å². The third kappa shape index (κ3) is 2.98. The van der Waals surface area contributed by atoms with Gasteiger partial charge in [0.2, 0.25) is 0 Å². The average Bonchev–Trinajstić information content (AvgIpc) is 2.97. The third-order valence-corrected chi connectivity index (χ3v) is 3.86. The molecule has 2 N–H and O–H groups in total. The van der Waals surface area contributed by atoms with Crippen molar-refractivity contribution in [1.82, 2.24) is 15.5 Å². The topological polar surface area (TPSA) is 57.8 Å². The molecule has 4 nitrogen and oxygen atoms in total. The number of carbonyl (C=O) groups is 1. The van der Waals surface area contributed by atoms with Crippen molar-refractivity contribution in [2.24, 2.45) is 0 Å². The standard InChI is InChI=1S/C13H17N3OS/c1-3-4-11-5-12(18-9(11)2)13(17)14-6-10-7-15-16-8-10/h5,7-8H,3-4,6H2,1-2H3,(H,14,17)(H,15,16). The van der Waals surface area contributed by atoms with Crippen LogP contribution in [0.15, 0.2) is 18.5 Å². The van der Waals surface area contributed by atoms with Crippen LogP contribution in [-0.4, -0.2) is 16.1 Å². The van der Waals surface area contributed by atoms with E-state index >= 15 is 0 Å². The van der Waals surface area contributed by atoms with Crippen molar-refractivity contribution in [2.45, 2.75) is 33.2 Å². The van der Waals surface area contributed by atoms with E-state index in [1.165, 1.54) is 10.4 Å². The monoisotopic (exact) mass is 263 g/mol. The summed E-state index contributed by atoms with van der Waals surface area (Å²) in [5.41, 5.74) is 2.27. The van der Waals surface area contributed by atoms with E-state index in [2.05, 4.69) is 29.4 Å². The van der Waals surface area contributed by atoms with Gasteiger partial charge in [0.05, 0.1) is 11.1 Å². The first-order valence-corrected chi connectivity index (χ1v) is 6.87. The largest absolute Gasteiger partial charge is 0.347 e. The number of H-pyrrole nitrogens is 1. The summed E-state index contributed by atoms with van der Waals surface area (Å²) in [6.07, 6.45) is 5.63. The van der Waals surface area contributed by atoms with Crippen molar-refractivity contribution >= 4 is 17.2 Å². The fraction of sp³-hybridized carbons (Fsp3) is 0.385. The summed E-state index contributed by atoms with van der Waals surface area (Å²) in [6, 6.07) is 2.01. The normalized spacial score (nSPS) is 10.6. The summed E-state index contributed by atoms with van der Waals surface area (Å²) in [5.74, 6) is -0.00773. The van der Waals surface area contributed by atoms with Crippen LogP contribution in [0.3, 0.4) is 0 Å². The van der Waals surface area contributed by atoms with E-state index in [4.69, 9.17) is 0 Å². The maximum atomic E-state index is 12.0. The SMILES string of the molecule is CCCc1cc(C(=O)NCc2cn[nH]c2)sc1C. The van der Waals surface area contributed by atoms with Crippen LogP contribution < -0.4 is 5.32 Å². The molecule has 0 saturated heterocycles. The van der Waals surface area contributed by atoms with Crippen LogP contribution in [0.1, 0.15) is 39.0 Å². The van der Waals surface area contributed by atoms with Gasteiger partial charge in [-0.25, -0.2) is 0 Å². The van der Waals surface area contributed by atoms with E-state index in [0.717, 1.165) is 23.3 Å². The van der Waals surface area contributed by atoms with Crippen LogP contribution in [0.5, 0.6) is 0 Å². The van der Waals surface area contributed by atoms with Gasteiger partial charge in [-0.05, 0) is 25.0 Å². The quantitative estimate of drug-likeness (QED) is 0.871. The Morgan fingerprint density at radius 1 is 1.56 bits per heavy atom. The molecule has 0 fully saturated rings. The molecule has 18 heavy (non-hydrogen) atoms. The van der Waals surface area contributed by atoms with Gasteiger partial charge in [-0.1, -0.05) is 13.3 Å². The minimum atomic E-state index is -0.00773. The third-order valence-electron chi connectivity index (χ3n) is 2.77. The van der Waals surface area contributed by atoms with Gasteiger partial charge in [0.1, 0.15) is 0 Å². The minimum absolute atomic E-state index is 0.00773. The molecule has 0 bridgehead atoms. The van der Waals surface area contributed by atoms with Crippen molar-refractivity contribution in [1.29, 1.82) is 0 Å². The van der Waals surface area contributed by atoms with E-state index in [-0.39, 0.29) is 5.91 Å². The number of hydrogen-bond donors (Lipinski definition) is 2. The molecule has 2 rings (SSSR count). The molecule has 96 valence electrons. The Hall–Kier alpha value is -1.62. The lowest BCUT2D eigenvalue weighted by molar-refractivity contribution is 0.0955. The lowest BCUT2D eigenvalue weighted by atomic mass is 10.1. The van der Waals surface area contributed by atoms with Crippen LogP contribution in [0, 0.1) is 6.92 Å². The Morgan fingerprint density at radius 3 is 3.06 bits per heavy atom. The van der Waals surface area contributed by atoms with Crippen molar-refractivity contribution < 1.29 is 4.79 Å². The summed E-state index contributed by atoms with van der Waals surface area (Å²) in [6.45, 7) is 4.73. The van der Waals surface area contributed by atoms with Gasteiger partial charge in [-0.2, -0.15) is 5.10 Å². The number of nitrogens with zero attached hydrogens (tertiary/aromatic N) is 1. The maximum absolute atomic E-state index is 12.0. The van der Waals surface area contributed by atoms with Crippen molar-refractivity contribution in [2.75, 3.05) is 0 Å². The molecule has 0 saturated carbocycles. The number of nitrogens with one attached hydrogen (secondary N) is 2. The minimum Gasteiger partial charge on any atom is -0.347 e. The van der Waals surface area contributed by atoms with Gasteiger partial charge in [0.15, 0.2) is 0 Å². The second kappa shape index (κ2) is 5.82. The molecule has 0 atom stereocenters. The summed E-state index contributed by atoms with van der Waals surface area (Å²) in [7, 11) is 0. The van der Waals surface area contributed by atoms with E-state index < -0.39 is 0 Å². The highest BCUT2D eigenvalue weighted by Crippen LogP contribution is 2.22. The van der Waals surface area contributed by atoms with E-state index in [1.54, 1.807) is 23.7 Å². The number of aromatic nitrogens is 2. The Bertz CT molecular complexity index is 516. The summed E-state index contributed by atoms with van der Waals surface area (Å²) in [4.78, 5) is 14.0. The molecule has 0 unspecified atom stereocenters. The van der Waals surface area contributed by atoms with Gasteiger partial charge in [0.25, 0.3) is 5.91 Å². The second-order valence-electron chi connectivity index (χ2n) is 4.23. The van der Waals surface area contributed by atoms with Crippen molar-refractivity contribution in [3.8, 4) is 0 Å². The number of amides is 1. The molecular weight excluding hydrogens is 246 g/mol. The first-order valence-electron chi connectivity index (χ1n) is 6.06. The highest BCUT2D eigenvalue weighted by Gasteiger charge is 2.11. The van der Waals surface area contributed by atoms with Gasteiger partial charge in [-0.15, -0.1) is 11.3 Å². The van der Waals surface area contributed by atoms with E-state index in [9.17, 15) is 4.79 Å². The molecule has 0 aliphatic carbocycles. The van der Waals surface area contributed by atoms with Gasteiger partial charge >= 0.3 is 0 Å². The molecule has 5 heteroatoms. The zero-order chi connectivity index (χ0) is 13.0. The van der Waals surface area contributed by atoms with Crippen LogP contribution in [0.4, 0.5) is 0 Å². The van der Waals surface area contributed by atoms with Crippen LogP contribution in [0.25, 0.3) is 0 Å². The van der Waals surface area contributed by atoms with Crippen LogP contribution >= 0.6 is 11.3 Å². The Balaban J connectivity index is 1.98. The zero-order valence-electron chi connectivity index (χ0n) is 10.6. The number of aryl methyl sites for hydroxylation is 2. The fourth-order valence-electron chi connectivity index (χ4n) is 1.79. The van der Waals surface area contributed by atoms with Crippen molar-refractivity contribution in [3.05, 3.63) is 39.3 Å². The first kappa shape index (κ1) is 12.8. The number of carbonyl (C=O) groups excluding carboxylic acids is 1. The van der Waals surface area contributed by atoms with Crippen LogP contribution in [-0.2, 0) is 13.0 Å². The van der Waals surface area contributed by atoms with Crippen molar-refractivity contribution in [3.63, 3.8) is 0 Å². The van der Waals surface area contributed by atoms with Crippen LogP contribution in [0.2, 0.25) is 0 Å². The van der Waals surface area contributed by atoms with Gasteiger partial charge in [0, 0.05) is 23.2 Å². The maximum Gasteiger partial charge on any atom is 0.261 e. The highest BCUT2D eigenvalue weighted by atomic mass is 32.1. The summed E-state index contributed by atoms with van der Waals surface area (Å²) < 4.78 is 0. The zero-order valence-corrected chi connectivity index (χ0v) is 11.4. The number of hydrogen-bond acceptors (Lipinski definition) is 3. The van der Waals surface area contributed by atoms with Gasteiger partial charge in [-0.3, -0.25) is 9.89 Å². The Kier molecular flexibility index (Phi) is 4.15. The van der Waals surface area contributed by atoms with Gasteiger partial charge < -0.3 is 5.32 Å². The molecule has 1 amide bonds. The molecule has 0 aliphatic rings. The lowest BCUT2D eigenvalue weighted by Gasteiger charge is -2.00. The molecule has 2 aromatic heterocycles. The Labute approximate surface area is 110 Å². The molecular formula is C13H17N3OS. The Morgan fingerprint density at radius 2 is 2.39 bits per heavy atom. The lowest BCUT2D eigenvalue weighted by Crippen LogP contribution is -2.21. The summed E-state index contributed by atoms with van der Waals surface area (Å²) in [5, 5.41) is 9.46. The molecule has 0 aliphatic heterocycles. The predicted molar refractivity (Wildman–Crippen MR) is 72.8 cm³/mol. The number of aromatic amines is 1. The molecule has 0 spiro atoms. The molecule has 2 aromatic rings. The molecule has 0 aromatic carbocycles. The average molecular weight is 263 g/mol. The smallest absolute Gasteiger partial charge is 0.261 e. The second-order valence-corrected chi connectivity index (χ2v) is 5.49. The molecule has 0 radical (unpaired) electrons. The molecule has 2 heterocycles. The van der Waals surface area contributed by atoms with E-state index in [1.807, 2.05) is 6.07 Å². The fourth-order valence-corrected chi connectivity index (χ4v) is 2.78. The summed E-state index contributed by atoms with van der Waals surface area (Å²) >= 11 is 1.56. The number of thiophene rings is 1. The highest BCUT2D eigenvalue weighted by molar-refractivity contribution is 7.14. The first-order chi connectivity index (χ1) is 8.70.